The van der Waals surface area contributed by atoms with E-state index in [1.807, 2.05) is 6.07 Å². The molecule has 0 aliphatic carbocycles. The van der Waals surface area contributed by atoms with Crippen molar-refractivity contribution in [3.05, 3.63) is 24.3 Å². The molecule has 0 heterocycles. The van der Waals surface area contributed by atoms with Gasteiger partial charge in [-0.15, -0.1) is 0 Å². The van der Waals surface area contributed by atoms with Gasteiger partial charge in [0.05, 0.1) is 0 Å². The lowest BCUT2D eigenvalue weighted by molar-refractivity contribution is 0.474. The number of hydrogen-bond donors (Lipinski definition) is 2. The topological polar surface area (TPSA) is 32.3 Å². The predicted molar refractivity (Wildman–Crippen MR) is 45.7 cm³/mol. The van der Waals surface area contributed by atoms with Crippen LogP contribution in [0.1, 0.15) is 13.8 Å². The highest BCUT2D eigenvalue weighted by molar-refractivity contribution is 5.45. The fourth-order valence-electron chi connectivity index (χ4n) is 0.840. The van der Waals surface area contributed by atoms with Crippen molar-refractivity contribution in [2.45, 2.75) is 19.9 Å². The normalized spacial score (nSPS) is 10.1. The quantitative estimate of drug-likeness (QED) is 0.632. The summed E-state index contributed by atoms with van der Waals surface area (Å²) in [6, 6.07) is 8.28. The van der Waals surface area contributed by atoms with Crippen LogP contribution in [0.5, 0.6) is 5.75 Å². The molecule has 0 aromatic heterocycles. The van der Waals surface area contributed by atoms with Gasteiger partial charge in [0, 0.05) is 17.8 Å². The minimum Gasteiger partial charge on any atom is -0.507 e. The van der Waals surface area contributed by atoms with Gasteiger partial charge in [-0.2, -0.15) is 0 Å². The van der Waals surface area contributed by atoms with E-state index in [9.17, 15) is 0 Å². The van der Waals surface area contributed by atoms with Crippen molar-refractivity contribution in [2.24, 2.45) is 0 Å². The zero-order valence-electron chi connectivity index (χ0n) is 6.76. The van der Waals surface area contributed by atoms with Gasteiger partial charge in [-0.1, -0.05) is 0 Å². The molecule has 0 saturated carbocycles. The van der Waals surface area contributed by atoms with Crippen LogP contribution in [-0.2, 0) is 0 Å². The number of benzene rings is 1. The minimum absolute atomic E-state index is 0.180. The summed E-state index contributed by atoms with van der Waals surface area (Å²) in [5.41, 5.74) is 0.984. The molecule has 2 heteroatoms. The summed E-state index contributed by atoms with van der Waals surface area (Å²) in [7, 11) is 0. The van der Waals surface area contributed by atoms with E-state index in [2.05, 4.69) is 25.2 Å². The molecule has 11 heavy (non-hydrogen) atoms. The Labute approximate surface area is 66.9 Å². The SMILES string of the molecule is CC(C)Nc1c[c]c(O)cc1. The van der Waals surface area contributed by atoms with Crippen LogP contribution in [0.2, 0.25) is 0 Å². The molecule has 1 radical (unpaired) electrons. The molecule has 0 bridgehead atoms. The van der Waals surface area contributed by atoms with Gasteiger partial charge in [0.15, 0.2) is 0 Å². The maximum Gasteiger partial charge on any atom is 0.123 e. The molecule has 2 nitrogen and oxygen atoms in total. The number of phenolic OH excluding ortho intramolecular Hbond substituents is 1. The van der Waals surface area contributed by atoms with Crippen molar-refractivity contribution >= 4 is 5.69 Å². The lowest BCUT2D eigenvalue weighted by atomic mass is 10.3. The number of aromatic hydroxyl groups is 1. The Morgan fingerprint density at radius 3 is 2.64 bits per heavy atom. The third-order valence-electron chi connectivity index (χ3n) is 1.25. The van der Waals surface area contributed by atoms with Gasteiger partial charge < -0.3 is 10.4 Å². The highest BCUT2D eigenvalue weighted by Gasteiger charge is 1.93. The van der Waals surface area contributed by atoms with Gasteiger partial charge >= 0.3 is 0 Å². The predicted octanol–water partition coefficient (Wildman–Crippen LogP) is 2.01. The van der Waals surface area contributed by atoms with E-state index >= 15 is 0 Å². The molecule has 0 aliphatic rings. The maximum atomic E-state index is 8.91. The smallest absolute Gasteiger partial charge is 0.123 e. The van der Waals surface area contributed by atoms with Gasteiger partial charge in [0.1, 0.15) is 5.75 Å². The molecule has 0 amide bonds. The van der Waals surface area contributed by atoms with E-state index < -0.39 is 0 Å². The third-order valence-corrected chi connectivity index (χ3v) is 1.25. The van der Waals surface area contributed by atoms with Crippen LogP contribution < -0.4 is 5.32 Å². The molecule has 0 saturated heterocycles. The maximum absolute atomic E-state index is 8.91. The first kappa shape index (κ1) is 7.92. The van der Waals surface area contributed by atoms with Crippen LogP contribution in [0, 0.1) is 6.07 Å². The van der Waals surface area contributed by atoms with E-state index in [1.165, 1.54) is 0 Å². The Hall–Kier alpha value is -1.18. The second-order valence-corrected chi connectivity index (χ2v) is 2.76. The molecule has 0 unspecified atom stereocenters. The Morgan fingerprint density at radius 2 is 2.18 bits per heavy atom. The molecule has 2 N–H and O–H groups in total. The summed E-state index contributed by atoms with van der Waals surface area (Å²) in [4.78, 5) is 0. The molecule has 1 aromatic carbocycles. The Kier molecular flexibility index (Phi) is 2.36. The third kappa shape index (κ3) is 2.50. The Bertz CT molecular complexity index is 216. The molecule has 0 fully saturated rings. The highest BCUT2D eigenvalue weighted by Crippen LogP contribution is 2.13. The van der Waals surface area contributed by atoms with Crippen LogP contribution >= 0.6 is 0 Å². The first-order chi connectivity index (χ1) is 5.18. The number of hydrogen-bond acceptors (Lipinski definition) is 2. The van der Waals surface area contributed by atoms with Gasteiger partial charge in [-0.3, -0.25) is 0 Å². The largest absolute Gasteiger partial charge is 0.507 e. The molecular formula is C9H12NO. The Morgan fingerprint density at radius 1 is 1.45 bits per heavy atom. The molecule has 0 aliphatic heterocycles. The van der Waals surface area contributed by atoms with E-state index in [-0.39, 0.29) is 5.75 Å². The zero-order chi connectivity index (χ0) is 8.27. The van der Waals surface area contributed by atoms with Gasteiger partial charge in [0.2, 0.25) is 0 Å². The monoisotopic (exact) mass is 150 g/mol. The van der Waals surface area contributed by atoms with Gasteiger partial charge in [-0.05, 0) is 32.0 Å². The van der Waals surface area contributed by atoms with Gasteiger partial charge in [-0.25, -0.2) is 0 Å². The average Bonchev–Trinajstić information content (AvgIpc) is 1.93. The van der Waals surface area contributed by atoms with Crippen molar-refractivity contribution in [3.63, 3.8) is 0 Å². The molecule has 0 atom stereocenters. The number of rotatable bonds is 2. The van der Waals surface area contributed by atoms with Crippen LogP contribution in [0.3, 0.4) is 0 Å². The molecule has 0 spiro atoms. The van der Waals surface area contributed by atoms with Crippen LogP contribution in [0.25, 0.3) is 0 Å². The van der Waals surface area contributed by atoms with Crippen molar-refractivity contribution in [2.75, 3.05) is 5.32 Å². The number of nitrogens with one attached hydrogen (secondary N) is 1. The summed E-state index contributed by atoms with van der Waals surface area (Å²) in [6.45, 7) is 4.12. The lowest BCUT2D eigenvalue weighted by Gasteiger charge is -2.08. The first-order valence-electron chi connectivity index (χ1n) is 3.66. The van der Waals surface area contributed by atoms with Gasteiger partial charge in [0.25, 0.3) is 0 Å². The van der Waals surface area contributed by atoms with Crippen molar-refractivity contribution in [1.29, 1.82) is 0 Å². The molecule has 1 rings (SSSR count). The van der Waals surface area contributed by atoms with E-state index in [0.29, 0.717) is 6.04 Å². The van der Waals surface area contributed by atoms with Crippen LogP contribution in [-0.4, -0.2) is 11.1 Å². The van der Waals surface area contributed by atoms with Crippen molar-refractivity contribution in [1.82, 2.24) is 0 Å². The summed E-state index contributed by atoms with van der Waals surface area (Å²) in [5, 5.41) is 12.1. The highest BCUT2D eigenvalue weighted by atomic mass is 16.3. The summed E-state index contributed by atoms with van der Waals surface area (Å²) in [6.07, 6.45) is 0. The van der Waals surface area contributed by atoms with E-state index in [1.54, 1.807) is 12.1 Å². The fraction of sp³-hybridized carbons (Fsp3) is 0.333. The summed E-state index contributed by atoms with van der Waals surface area (Å²) >= 11 is 0. The first-order valence-corrected chi connectivity index (χ1v) is 3.66. The van der Waals surface area contributed by atoms with Crippen molar-refractivity contribution < 1.29 is 5.11 Å². The minimum atomic E-state index is 0.180. The molecule has 59 valence electrons. The van der Waals surface area contributed by atoms with Crippen LogP contribution in [0.4, 0.5) is 5.69 Å². The zero-order valence-corrected chi connectivity index (χ0v) is 6.76. The summed E-state index contributed by atoms with van der Waals surface area (Å²) < 4.78 is 0. The van der Waals surface area contributed by atoms with Crippen molar-refractivity contribution in [3.8, 4) is 5.75 Å². The standard InChI is InChI=1S/C9H12NO/c1-7(2)10-8-3-5-9(11)6-4-8/h3-5,7,10-11H,1-2H3. The lowest BCUT2D eigenvalue weighted by Crippen LogP contribution is -2.08. The summed E-state index contributed by atoms with van der Waals surface area (Å²) in [5.74, 6) is 0.180. The molecular weight excluding hydrogens is 138 g/mol. The number of phenols is 1. The van der Waals surface area contributed by atoms with E-state index in [4.69, 9.17) is 5.11 Å². The number of anilines is 1. The molecule has 1 aromatic rings. The van der Waals surface area contributed by atoms with Crippen LogP contribution in [0.15, 0.2) is 18.2 Å². The second-order valence-electron chi connectivity index (χ2n) is 2.76. The second kappa shape index (κ2) is 3.28. The fourth-order valence-corrected chi connectivity index (χ4v) is 0.840. The van der Waals surface area contributed by atoms with E-state index in [0.717, 1.165) is 5.69 Å². The average molecular weight is 150 g/mol. The Balaban J connectivity index is 2.66.